The van der Waals surface area contributed by atoms with Gasteiger partial charge in [-0.3, -0.25) is 0 Å². The summed E-state index contributed by atoms with van der Waals surface area (Å²) >= 11 is 4.86. The summed E-state index contributed by atoms with van der Waals surface area (Å²) in [4.78, 5) is 0. The van der Waals surface area contributed by atoms with Crippen molar-refractivity contribution in [2.24, 2.45) is 5.92 Å². The van der Waals surface area contributed by atoms with E-state index in [9.17, 15) is 8.42 Å². The van der Waals surface area contributed by atoms with Crippen LogP contribution in [-0.4, -0.2) is 38.2 Å². The molecular weight excluding hydrogens is 222 g/mol. The first kappa shape index (κ1) is 11.7. The molecule has 0 radical (unpaired) electrons. The molecule has 1 heterocycles. The average molecular weight is 237 g/mol. The summed E-state index contributed by atoms with van der Waals surface area (Å²) in [5, 5.41) is 3.27. The Labute approximate surface area is 89.9 Å². The lowest BCUT2D eigenvalue weighted by Crippen LogP contribution is -2.30. The predicted octanol–water partition coefficient (Wildman–Crippen LogP) is 0.332. The molecule has 1 aliphatic heterocycles. The molecule has 0 aliphatic carbocycles. The molecule has 6 heteroatoms. The Kier molecular flexibility index (Phi) is 4.12. The lowest BCUT2D eigenvalue weighted by molar-refractivity contribution is 0.317. The third kappa shape index (κ3) is 3.79. The van der Waals surface area contributed by atoms with Gasteiger partial charge in [0, 0.05) is 6.54 Å². The number of nitrogens with one attached hydrogen (secondary N) is 1. The van der Waals surface area contributed by atoms with Crippen LogP contribution in [0.3, 0.4) is 0 Å². The van der Waals surface area contributed by atoms with Crippen LogP contribution < -0.4 is 5.32 Å². The monoisotopic (exact) mass is 237 g/mol. The van der Waals surface area contributed by atoms with E-state index in [1.165, 1.54) is 0 Å². The Morgan fingerprint density at radius 1 is 1.64 bits per heavy atom. The van der Waals surface area contributed by atoms with Crippen LogP contribution in [0.4, 0.5) is 0 Å². The summed E-state index contributed by atoms with van der Waals surface area (Å²) in [5.41, 5.74) is 0. The van der Waals surface area contributed by atoms with E-state index in [0.717, 1.165) is 6.42 Å². The summed E-state index contributed by atoms with van der Waals surface area (Å²) in [6, 6.07) is 0. The van der Waals surface area contributed by atoms with Crippen LogP contribution in [0.5, 0.6) is 0 Å². The van der Waals surface area contributed by atoms with Crippen LogP contribution in [0.1, 0.15) is 13.3 Å². The quantitative estimate of drug-likeness (QED) is 0.717. The fourth-order valence-electron chi connectivity index (χ4n) is 1.44. The third-order valence-corrected chi connectivity index (χ3v) is 4.24. The van der Waals surface area contributed by atoms with Crippen LogP contribution in [0, 0.1) is 5.92 Å². The average Bonchev–Trinajstić information content (AvgIpc) is 2.43. The maximum absolute atomic E-state index is 11.1. The van der Waals surface area contributed by atoms with Crippen molar-refractivity contribution >= 4 is 27.2 Å². The van der Waals surface area contributed by atoms with Crippen LogP contribution >= 0.6 is 12.2 Å². The molecule has 0 aromatic carbocycles. The zero-order valence-electron chi connectivity index (χ0n) is 8.15. The summed E-state index contributed by atoms with van der Waals surface area (Å²) < 4.78 is 27.3. The largest absolute Gasteiger partial charge is 0.471 e. The number of hydrogen-bond acceptors (Lipinski definition) is 4. The van der Waals surface area contributed by atoms with Gasteiger partial charge in [0.15, 0.2) is 9.84 Å². The number of ether oxygens (including phenoxy) is 1. The zero-order chi connectivity index (χ0) is 10.6. The molecule has 1 rings (SSSR count). The Bertz CT molecular complexity index is 300. The molecule has 0 spiro atoms. The molecule has 0 amide bonds. The molecule has 82 valence electrons. The fourth-order valence-corrected chi connectivity index (χ4v) is 3.51. The lowest BCUT2D eigenvalue weighted by atomic mass is 10.1. The molecular formula is C8H15NO3S2. The van der Waals surface area contributed by atoms with Crippen molar-refractivity contribution < 1.29 is 13.2 Å². The molecule has 1 fully saturated rings. The maximum Gasteiger partial charge on any atom is 0.256 e. The Balaban J connectivity index is 2.24. The van der Waals surface area contributed by atoms with Crippen molar-refractivity contribution in [3.05, 3.63) is 0 Å². The fraction of sp³-hybridized carbons (Fsp3) is 0.875. The van der Waals surface area contributed by atoms with Crippen LogP contribution in [0.15, 0.2) is 0 Å². The van der Waals surface area contributed by atoms with Crippen molar-refractivity contribution in [3.63, 3.8) is 0 Å². The van der Waals surface area contributed by atoms with E-state index < -0.39 is 9.84 Å². The molecule has 0 bridgehead atoms. The highest BCUT2D eigenvalue weighted by Gasteiger charge is 2.27. The van der Waals surface area contributed by atoms with Crippen molar-refractivity contribution in [3.8, 4) is 0 Å². The first-order valence-electron chi connectivity index (χ1n) is 4.64. The molecule has 0 saturated carbocycles. The van der Waals surface area contributed by atoms with E-state index in [1.54, 1.807) is 0 Å². The smallest absolute Gasteiger partial charge is 0.256 e. The Morgan fingerprint density at radius 2 is 2.36 bits per heavy atom. The molecule has 0 unspecified atom stereocenters. The van der Waals surface area contributed by atoms with E-state index >= 15 is 0 Å². The molecule has 0 aromatic heterocycles. The van der Waals surface area contributed by atoms with Gasteiger partial charge in [0.25, 0.3) is 5.17 Å². The lowest BCUT2D eigenvalue weighted by Gasteiger charge is -2.11. The van der Waals surface area contributed by atoms with Crippen molar-refractivity contribution in [2.45, 2.75) is 13.3 Å². The number of hydrogen-bond donors (Lipinski definition) is 1. The molecule has 4 nitrogen and oxygen atoms in total. The minimum atomic E-state index is -2.78. The standard InChI is InChI=1S/C8H15NO3S2/c1-2-12-8(13)9-5-7-3-4-14(10,11)6-7/h7H,2-6H2,1H3,(H,9,13)/t7-/m0/s1. The first-order valence-corrected chi connectivity index (χ1v) is 6.87. The van der Waals surface area contributed by atoms with Crippen LogP contribution in [0.2, 0.25) is 0 Å². The van der Waals surface area contributed by atoms with Gasteiger partial charge in [-0.15, -0.1) is 0 Å². The second kappa shape index (κ2) is 4.93. The highest BCUT2D eigenvalue weighted by Crippen LogP contribution is 2.17. The van der Waals surface area contributed by atoms with E-state index in [1.807, 2.05) is 6.92 Å². The zero-order valence-corrected chi connectivity index (χ0v) is 9.79. The highest BCUT2D eigenvalue weighted by molar-refractivity contribution is 7.91. The number of thiocarbonyl (C=S) groups is 1. The Hall–Kier alpha value is -0.360. The molecule has 1 saturated heterocycles. The minimum Gasteiger partial charge on any atom is -0.471 e. The van der Waals surface area contributed by atoms with Gasteiger partial charge in [0.2, 0.25) is 0 Å². The molecule has 1 N–H and O–H groups in total. The second-order valence-electron chi connectivity index (χ2n) is 3.37. The van der Waals surface area contributed by atoms with Gasteiger partial charge in [-0.2, -0.15) is 0 Å². The van der Waals surface area contributed by atoms with Crippen LogP contribution in [-0.2, 0) is 14.6 Å². The minimum absolute atomic E-state index is 0.179. The summed E-state index contributed by atoms with van der Waals surface area (Å²) in [6.07, 6.45) is 0.726. The molecule has 1 aliphatic rings. The second-order valence-corrected chi connectivity index (χ2v) is 5.97. The number of sulfone groups is 1. The summed E-state index contributed by atoms with van der Waals surface area (Å²) in [7, 11) is -2.78. The topological polar surface area (TPSA) is 55.4 Å². The van der Waals surface area contributed by atoms with Gasteiger partial charge in [-0.25, -0.2) is 8.42 Å². The van der Waals surface area contributed by atoms with Gasteiger partial charge in [-0.05, 0) is 31.5 Å². The summed E-state index contributed by atoms with van der Waals surface area (Å²) in [6.45, 7) is 2.99. The van der Waals surface area contributed by atoms with Gasteiger partial charge in [-0.1, -0.05) is 0 Å². The Morgan fingerprint density at radius 3 is 2.86 bits per heavy atom. The highest BCUT2D eigenvalue weighted by atomic mass is 32.2. The summed E-state index contributed by atoms with van der Waals surface area (Å²) in [5.74, 6) is 0.758. The first-order chi connectivity index (χ1) is 6.53. The van der Waals surface area contributed by atoms with Crippen molar-refractivity contribution in [2.75, 3.05) is 24.7 Å². The molecule has 1 atom stereocenters. The van der Waals surface area contributed by atoms with Gasteiger partial charge in [0.1, 0.15) is 0 Å². The third-order valence-electron chi connectivity index (χ3n) is 2.14. The van der Waals surface area contributed by atoms with Gasteiger partial charge in [0.05, 0.1) is 18.1 Å². The van der Waals surface area contributed by atoms with Crippen LogP contribution in [0.25, 0.3) is 0 Å². The van der Waals surface area contributed by atoms with Crippen molar-refractivity contribution in [1.29, 1.82) is 0 Å². The van der Waals surface area contributed by atoms with E-state index in [0.29, 0.717) is 24.1 Å². The molecule has 14 heavy (non-hydrogen) atoms. The number of rotatable bonds is 3. The van der Waals surface area contributed by atoms with Gasteiger partial charge < -0.3 is 10.1 Å². The van der Waals surface area contributed by atoms with E-state index in [2.05, 4.69) is 5.32 Å². The maximum atomic E-state index is 11.1. The molecule has 0 aromatic rings. The van der Waals surface area contributed by atoms with E-state index in [-0.39, 0.29) is 11.7 Å². The SMILES string of the molecule is CCOC(=S)NC[C@@H]1CCS(=O)(=O)C1. The normalized spacial score (nSPS) is 24.5. The van der Waals surface area contributed by atoms with Gasteiger partial charge >= 0.3 is 0 Å². The van der Waals surface area contributed by atoms with Crippen molar-refractivity contribution in [1.82, 2.24) is 5.32 Å². The predicted molar refractivity (Wildman–Crippen MR) is 59.0 cm³/mol. The van der Waals surface area contributed by atoms with E-state index in [4.69, 9.17) is 17.0 Å².